The van der Waals surface area contributed by atoms with Crippen LogP contribution in [0.1, 0.15) is 37.3 Å². The van der Waals surface area contributed by atoms with Crippen molar-refractivity contribution in [3.05, 3.63) is 33.9 Å². The van der Waals surface area contributed by atoms with Gasteiger partial charge in [0.05, 0.1) is 4.92 Å². The third kappa shape index (κ3) is 3.08. The van der Waals surface area contributed by atoms with Crippen molar-refractivity contribution < 1.29 is 10.0 Å². The van der Waals surface area contributed by atoms with Gasteiger partial charge in [-0.3, -0.25) is 15.0 Å². The van der Waals surface area contributed by atoms with Crippen LogP contribution in [-0.4, -0.2) is 41.1 Å². The molecule has 1 aliphatic carbocycles. The number of phenolic OH excluding ortho intramolecular Hbond substituents is 1. The summed E-state index contributed by atoms with van der Waals surface area (Å²) in [5, 5.41) is 24.2. The van der Waals surface area contributed by atoms with E-state index in [1.807, 2.05) is 6.07 Å². The number of phenols is 1. The maximum atomic E-state index is 11.1. The highest BCUT2D eigenvalue weighted by Gasteiger charge is 2.33. The van der Waals surface area contributed by atoms with E-state index in [9.17, 15) is 15.2 Å². The maximum absolute atomic E-state index is 11.1. The molecule has 1 atom stereocenters. The fourth-order valence-electron chi connectivity index (χ4n) is 3.89. The number of hydrogen-bond acceptors (Lipinski definition) is 5. The standard InChI is InChI=1S/C16H23N3O3/c20-15-6-5-13(11-14(15)19(21)22)16(12-3-1-2-4-12)18-9-7-17-8-10-18/h5-6,11-12,16-17,20H,1-4,7-10H2/t16-/m0/s1. The Balaban J connectivity index is 1.93. The van der Waals surface area contributed by atoms with Crippen LogP contribution in [0.15, 0.2) is 18.2 Å². The SMILES string of the molecule is O=[N+]([O-])c1cc([C@H](C2CCCC2)N2CCNCC2)ccc1O. The van der Waals surface area contributed by atoms with Gasteiger partial charge < -0.3 is 10.4 Å². The molecule has 0 spiro atoms. The molecular weight excluding hydrogens is 282 g/mol. The molecule has 22 heavy (non-hydrogen) atoms. The number of nitro groups is 1. The van der Waals surface area contributed by atoms with Crippen LogP contribution < -0.4 is 5.32 Å². The third-order valence-electron chi connectivity index (χ3n) is 4.93. The van der Waals surface area contributed by atoms with E-state index < -0.39 is 4.92 Å². The Labute approximate surface area is 130 Å². The van der Waals surface area contributed by atoms with Crippen molar-refractivity contribution in [2.24, 2.45) is 5.92 Å². The topological polar surface area (TPSA) is 78.6 Å². The van der Waals surface area contributed by atoms with Crippen molar-refractivity contribution in [3.63, 3.8) is 0 Å². The lowest BCUT2D eigenvalue weighted by atomic mass is 9.89. The molecule has 2 fully saturated rings. The summed E-state index contributed by atoms with van der Waals surface area (Å²) in [6.45, 7) is 3.86. The molecule has 0 unspecified atom stereocenters. The van der Waals surface area contributed by atoms with Crippen molar-refractivity contribution in [2.45, 2.75) is 31.7 Å². The van der Waals surface area contributed by atoms with Crippen LogP contribution in [0.3, 0.4) is 0 Å². The Morgan fingerprint density at radius 1 is 1.27 bits per heavy atom. The first-order chi connectivity index (χ1) is 10.7. The molecule has 2 N–H and O–H groups in total. The quantitative estimate of drug-likeness (QED) is 0.660. The number of nitrogens with zero attached hydrogens (tertiary/aromatic N) is 2. The second kappa shape index (κ2) is 6.62. The van der Waals surface area contributed by atoms with Crippen LogP contribution in [0.4, 0.5) is 5.69 Å². The molecule has 0 amide bonds. The van der Waals surface area contributed by atoms with Gasteiger partial charge in [-0.05, 0) is 30.4 Å². The zero-order chi connectivity index (χ0) is 15.5. The highest BCUT2D eigenvalue weighted by Crippen LogP contribution is 2.41. The Morgan fingerprint density at radius 3 is 2.59 bits per heavy atom. The van der Waals surface area contributed by atoms with Crippen molar-refractivity contribution in [1.82, 2.24) is 10.2 Å². The van der Waals surface area contributed by atoms with Gasteiger partial charge in [-0.15, -0.1) is 0 Å². The molecule has 2 aliphatic rings. The molecule has 120 valence electrons. The molecule has 0 aromatic heterocycles. The lowest BCUT2D eigenvalue weighted by Gasteiger charge is -2.38. The number of rotatable bonds is 4. The lowest BCUT2D eigenvalue weighted by Crippen LogP contribution is -2.46. The van der Waals surface area contributed by atoms with Gasteiger partial charge in [-0.2, -0.15) is 0 Å². The first-order valence-corrected chi connectivity index (χ1v) is 8.09. The average molecular weight is 305 g/mol. The minimum absolute atomic E-state index is 0.185. The monoisotopic (exact) mass is 305 g/mol. The second-order valence-electron chi connectivity index (χ2n) is 6.28. The van der Waals surface area contributed by atoms with E-state index in [1.54, 1.807) is 6.07 Å². The minimum atomic E-state index is -0.498. The van der Waals surface area contributed by atoms with E-state index in [0.29, 0.717) is 5.92 Å². The van der Waals surface area contributed by atoms with Crippen molar-refractivity contribution >= 4 is 5.69 Å². The van der Waals surface area contributed by atoms with Gasteiger partial charge >= 0.3 is 5.69 Å². The summed E-state index contributed by atoms with van der Waals surface area (Å²) in [5.74, 6) is 0.307. The van der Waals surface area contributed by atoms with Gasteiger partial charge in [-0.1, -0.05) is 18.9 Å². The van der Waals surface area contributed by atoms with Crippen LogP contribution >= 0.6 is 0 Å². The smallest absolute Gasteiger partial charge is 0.311 e. The summed E-state index contributed by atoms with van der Waals surface area (Å²) < 4.78 is 0. The summed E-state index contributed by atoms with van der Waals surface area (Å²) in [4.78, 5) is 13.1. The normalized spacial score (nSPS) is 21.8. The van der Waals surface area contributed by atoms with E-state index in [2.05, 4.69) is 10.2 Å². The van der Waals surface area contributed by atoms with Crippen LogP contribution in [0, 0.1) is 16.0 Å². The molecule has 6 heteroatoms. The van der Waals surface area contributed by atoms with E-state index in [0.717, 1.165) is 31.7 Å². The number of piperazine rings is 1. The van der Waals surface area contributed by atoms with Gasteiger partial charge in [0.25, 0.3) is 0 Å². The third-order valence-corrected chi connectivity index (χ3v) is 4.93. The van der Waals surface area contributed by atoms with Crippen molar-refractivity contribution in [3.8, 4) is 5.75 Å². The number of hydrogen-bond donors (Lipinski definition) is 2. The van der Waals surface area contributed by atoms with Gasteiger partial charge in [0.15, 0.2) is 5.75 Å². The summed E-state index contributed by atoms with van der Waals surface area (Å²) in [5.41, 5.74) is 0.786. The predicted molar refractivity (Wildman–Crippen MR) is 83.9 cm³/mol. The first kappa shape index (κ1) is 15.2. The summed E-state index contributed by atoms with van der Waals surface area (Å²) >= 11 is 0. The number of benzene rings is 1. The Hall–Kier alpha value is -1.66. The highest BCUT2D eigenvalue weighted by molar-refractivity contribution is 5.48. The molecule has 1 aliphatic heterocycles. The number of nitrogens with one attached hydrogen (secondary N) is 1. The summed E-state index contributed by atoms with van der Waals surface area (Å²) in [7, 11) is 0. The van der Waals surface area contributed by atoms with Crippen LogP contribution in [0.2, 0.25) is 0 Å². The van der Waals surface area contributed by atoms with Gasteiger partial charge in [0.1, 0.15) is 0 Å². The Kier molecular flexibility index (Phi) is 4.59. The number of nitro benzene ring substituents is 1. The molecule has 1 aromatic carbocycles. The maximum Gasteiger partial charge on any atom is 0.311 e. The van der Waals surface area contributed by atoms with Crippen LogP contribution in [0.5, 0.6) is 5.75 Å². The molecule has 3 rings (SSSR count). The highest BCUT2D eigenvalue weighted by atomic mass is 16.6. The van der Waals surface area contributed by atoms with Gasteiger partial charge in [0.2, 0.25) is 0 Å². The molecule has 6 nitrogen and oxygen atoms in total. The van der Waals surface area contributed by atoms with E-state index in [1.165, 1.54) is 31.7 Å². The molecule has 0 radical (unpaired) electrons. The molecular formula is C16H23N3O3. The summed E-state index contributed by atoms with van der Waals surface area (Å²) in [6.07, 6.45) is 4.85. The van der Waals surface area contributed by atoms with Gasteiger partial charge in [0, 0.05) is 38.3 Å². The molecule has 1 heterocycles. The summed E-state index contributed by atoms with van der Waals surface area (Å²) in [6, 6.07) is 5.12. The predicted octanol–water partition coefficient (Wildman–Crippen LogP) is 2.44. The Bertz CT molecular complexity index is 537. The minimum Gasteiger partial charge on any atom is -0.502 e. The molecule has 0 bridgehead atoms. The van der Waals surface area contributed by atoms with Crippen molar-refractivity contribution in [2.75, 3.05) is 26.2 Å². The molecule has 1 saturated carbocycles. The zero-order valence-corrected chi connectivity index (χ0v) is 12.7. The zero-order valence-electron chi connectivity index (χ0n) is 12.7. The van der Waals surface area contributed by atoms with E-state index >= 15 is 0 Å². The van der Waals surface area contributed by atoms with Crippen molar-refractivity contribution in [1.29, 1.82) is 0 Å². The molecule has 1 saturated heterocycles. The second-order valence-corrected chi connectivity index (χ2v) is 6.28. The van der Waals surface area contributed by atoms with E-state index in [-0.39, 0.29) is 17.5 Å². The van der Waals surface area contributed by atoms with Crippen LogP contribution in [-0.2, 0) is 0 Å². The average Bonchev–Trinajstić information content (AvgIpc) is 3.04. The first-order valence-electron chi connectivity index (χ1n) is 8.09. The van der Waals surface area contributed by atoms with E-state index in [4.69, 9.17) is 0 Å². The Morgan fingerprint density at radius 2 is 1.95 bits per heavy atom. The fourth-order valence-corrected chi connectivity index (χ4v) is 3.89. The van der Waals surface area contributed by atoms with Gasteiger partial charge in [-0.25, -0.2) is 0 Å². The largest absolute Gasteiger partial charge is 0.502 e. The molecule has 1 aromatic rings. The number of aromatic hydroxyl groups is 1. The lowest BCUT2D eigenvalue weighted by molar-refractivity contribution is -0.386. The fraction of sp³-hybridized carbons (Fsp3) is 0.625. The van der Waals surface area contributed by atoms with Crippen LogP contribution in [0.25, 0.3) is 0 Å².